The summed E-state index contributed by atoms with van der Waals surface area (Å²) in [6.45, 7) is 2.27. The van der Waals surface area contributed by atoms with Gasteiger partial charge >= 0.3 is 5.97 Å². The molecule has 2 rings (SSSR count). The zero-order chi connectivity index (χ0) is 18.8. The van der Waals surface area contributed by atoms with Crippen molar-refractivity contribution in [2.75, 3.05) is 25.6 Å². The second kappa shape index (κ2) is 10.1. The molecule has 0 bridgehead atoms. The van der Waals surface area contributed by atoms with Crippen molar-refractivity contribution in [1.82, 2.24) is 0 Å². The summed E-state index contributed by atoms with van der Waals surface area (Å²) in [5.41, 5.74) is 0.910. The van der Waals surface area contributed by atoms with E-state index >= 15 is 0 Å². The third kappa shape index (κ3) is 6.12. The van der Waals surface area contributed by atoms with Crippen LogP contribution in [0.5, 0.6) is 11.5 Å². The van der Waals surface area contributed by atoms with Crippen molar-refractivity contribution in [2.45, 2.75) is 19.8 Å². The average molecular weight is 357 g/mol. The minimum absolute atomic E-state index is 0.141. The van der Waals surface area contributed by atoms with Gasteiger partial charge in [-0.25, -0.2) is 4.79 Å². The topological polar surface area (TPSA) is 73.9 Å². The number of benzene rings is 2. The van der Waals surface area contributed by atoms with Crippen LogP contribution in [0.4, 0.5) is 5.69 Å². The molecule has 0 saturated heterocycles. The molecule has 2 aromatic carbocycles. The van der Waals surface area contributed by atoms with Crippen LogP contribution < -0.4 is 14.8 Å². The highest BCUT2D eigenvalue weighted by atomic mass is 16.5. The number of hydrogen-bond donors (Lipinski definition) is 1. The van der Waals surface area contributed by atoms with Crippen LogP contribution in [-0.4, -0.2) is 32.2 Å². The average Bonchev–Trinajstić information content (AvgIpc) is 2.67. The Bertz CT molecular complexity index is 727. The summed E-state index contributed by atoms with van der Waals surface area (Å²) in [7, 11) is 1.58. The van der Waals surface area contributed by atoms with Gasteiger partial charge in [0.1, 0.15) is 11.5 Å². The first-order chi connectivity index (χ1) is 12.6. The predicted octanol–water partition coefficient (Wildman–Crippen LogP) is 3.67. The first-order valence-electron chi connectivity index (χ1n) is 8.46. The van der Waals surface area contributed by atoms with Gasteiger partial charge in [0.2, 0.25) is 0 Å². The number of hydrogen-bond acceptors (Lipinski definition) is 5. The summed E-state index contributed by atoms with van der Waals surface area (Å²) in [5.74, 6) is 0.556. The van der Waals surface area contributed by atoms with E-state index in [1.54, 1.807) is 55.6 Å². The molecule has 2 aromatic rings. The molecule has 26 heavy (non-hydrogen) atoms. The summed E-state index contributed by atoms with van der Waals surface area (Å²) in [5, 5.41) is 2.70. The lowest BCUT2D eigenvalue weighted by molar-refractivity contribution is -0.118. The minimum atomic E-state index is -0.399. The number of amides is 1. The molecule has 0 unspecified atom stereocenters. The number of carbonyl (C=O) groups is 2. The van der Waals surface area contributed by atoms with Crippen LogP contribution in [0.1, 0.15) is 30.1 Å². The molecule has 1 N–H and O–H groups in total. The van der Waals surface area contributed by atoms with Crippen LogP contribution in [0, 0.1) is 0 Å². The zero-order valence-corrected chi connectivity index (χ0v) is 15.0. The van der Waals surface area contributed by atoms with Gasteiger partial charge in [0.15, 0.2) is 6.61 Å². The number of methoxy groups -OCH3 is 1. The number of nitrogens with one attached hydrogen (secondary N) is 1. The van der Waals surface area contributed by atoms with E-state index in [9.17, 15) is 9.59 Å². The fraction of sp³-hybridized carbons (Fsp3) is 0.300. The number of ether oxygens (including phenoxy) is 3. The smallest absolute Gasteiger partial charge is 0.338 e. The first-order valence-corrected chi connectivity index (χ1v) is 8.46. The summed E-state index contributed by atoms with van der Waals surface area (Å²) in [6.07, 6.45) is 1.78. The monoisotopic (exact) mass is 357 g/mol. The van der Waals surface area contributed by atoms with Crippen molar-refractivity contribution in [3.05, 3.63) is 54.1 Å². The molecule has 0 atom stereocenters. The molecule has 0 aliphatic heterocycles. The van der Waals surface area contributed by atoms with E-state index in [4.69, 9.17) is 14.2 Å². The lowest BCUT2D eigenvalue weighted by Gasteiger charge is -2.09. The molecule has 6 heteroatoms. The van der Waals surface area contributed by atoms with E-state index in [1.807, 2.05) is 6.92 Å². The Hall–Kier alpha value is -3.02. The summed E-state index contributed by atoms with van der Waals surface area (Å²) in [6, 6.07) is 13.6. The van der Waals surface area contributed by atoms with E-state index in [2.05, 4.69) is 5.32 Å². The van der Waals surface area contributed by atoms with Crippen LogP contribution in [-0.2, 0) is 9.53 Å². The summed E-state index contributed by atoms with van der Waals surface area (Å²) >= 11 is 0. The number of carbonyl (C=O) groups excluding carboxylic acids is 2. The fourth-order valence-corrected chi connectivity index (χ4v) is 2.13. The normalized spacial score (nSPS) is 10.1. The van der Waals surface area contributed by atoms with Gasteiger partial charge in [-0.3, -0.25) is 4.79 Å². The molecule has 0 radical (unpaired) electrons. The van der Waals surface area contributed by atoms with Crippen molar-refractivity contribution in [3.8, 4) is 11.5 Å². The van der Waals surface area contributed by atoms with Gasteiger partial charge < -0.3 is 19.5 Å². The van der Waals surface area contributed by atoms with Crippen molar-refractivity contribution >= 4 is 17.6 Å². The van der Waals surface area contributed by atoms with E-state index < -0.39 is 5.97 Å². The summed E-state index contributed by atoms with van der Waals surface area (Å²) < 4.78 is 15.7. The zero-order valence-electron chi connectivity index (χ0n) is 15.0. The summed E-state index contributed by atoms with van der Waals surface area (Å²) in [4.78, 5) is 24.0. The molecule has 0 aliphatic carbocycles. The van der Waals surface area contributed by atoms with Gasteiger partial charge in [-0.05, 0) is 48.9 Å². The number of anilines is 1. The second-order valence-electron chi connectivity index (χ2n) is 5.58. The van der Waals surface area contributed by atoms with Crippen LogP contribution in [0.2, 0.25) is 0 Å². The third-order valence-corrected chi connectivity index (χ3v) is 3.54. The Morgan fingerprint density at radius 2 is 1.77 bits per heavy atom. The van der Waals surface area contributed by atoms with Crippen LogP contribution in [0.3, 0.4) is 0 Å². The van der Waals surface area contributed by atoms with Crippen molar-refractivity contribution in [3.63, 3.8) is 0 Å². The molecule has 0 aliphatic rings. The Morgan fingerprint density at radius 1 is 1.04 bits per heavy atom. The standard InChI is InChI=1S/C20H23NO5/c1-3-4-12-25-20(23)15-6-5-7-16(13-15)21-19(22)14-26-18-10-8-17(24-2)9-11-18/h5-11,13H,3-4,12,14H2,1-2H3,(H,21,22). The molecule has 0 fully saturated rings. The molecule has 138 valence electrons. The highest BCUT2D eigenvalue weighted by Gasteiger charge is 2.09. The molecule has 1 amide bonds. The molecule has 0 saturated carbocycles. The first kappa shape index (κ1) is 19.3. The lowest BCUT2D eigenvalue weighted by atomic mass is 10.2. The van der Waals surface area contributed by atoms with Gasteiger partial charge in [0.25, 0.3) is 5.91 Å². The van der Waals surface area contributed by atoms with E-state index in [1.165, 1.54) is 0 Å². The van der Waals surface area contributed by atoms with Crippen LogP contribution in [0.15, 0.2) is 48.5 Å². The maximum absolute atomic E-state index is 12.0. The van der Waals surface area contributed by atoms with Crippen LogP contribution >= 0.6 is 0 Å². The molecule has 0 aromatic heterocycles. The highest BCUT2D eigenvalue weighted by Crippen LogP contribution is 2.17. The SMILES string of the molecule is CCCCOC(=O)c1cccc(NC(=O)COc2ccc(OC)cc2)c1. The van der Waals surface area contributed by atoms with E-state index in [-0.39, 0.29) is 12.5 Å². The van der Waals surface area contributed by atoms with Crippen molar-refractivity contribution in [2.24, 2.45) is 0 Å². The Balaban J connectivity index is 1.86. The molecule has 0 spiro atoms. The quantitative estimate of drug-likeness (QED) is 0.547. The van der Waals surface area contributed by atoms with Gasteiger partial charge in [0.05, 0.1) is 19.3 Å². The number of rotatable bonds is 9. The molecule has 0 heterocycles. The predicted molar refractivity (Wildman–Crippen MR) is 98.8 cm³/mol. The second-order valence-corrected chi connectivity index (χ2v) is 5.58. The van der Waals surface area contributed by atoms with Crippen molar-refractivity contribution < 1.29 is 23.8 Å². The lowest BCUT2D eigenvalue weighted by Crippen LogP contribution is -2.20. The van der Waals surface area contributed by atoms with Gasteiger partial charge in [0, 0.05) is 5.69 Å². The van der Waals surface area contributed by atoms with Crippen molar-refractivity contribution in [1.29, 1.82) is 0 Å². The number of esters is 1. The molecular weight excluding hydrogens is 334 g/mol. The minimum Gasteiger partial charge on any atom is -0.497 e. The Morgan fingerprint density at radius 3 is 2.46 bits per heavy atom. The fourth-order valence-electron chi connectivity index (χ4n) is 2.13. The third-order valence-electron chi connectivity index (χ3n) is 3.54. The maximum Gasteiger partial charge on any atom is 0.338 e. The van der Waals surface area contributed by atoms with E-state index in [0.29, 0.717) is 29.4 Å². The Labute approximate surface area is 153 Å². The molecular formula is C20H23NO5. The van der Waals surface area contributed by atoms with Gasteiger partial charge in [-0.2, -0.15) is 0 Å². The highest BCUT2D eigenvalue weighted by molar-refractivity contribution is 5.95. The largest absolute Gasteiger partial charge is 0.497 e. The molecule has 6 nitrogen and oxygen atoms in total. The van der Waals surface area contributed by atoms with Crippen LogP contribution in [0.25, 0.3) is 0 Å². The van der Waals surface area contributed by atoms with Gasteiger partial charge in [-0.1, -0.05) is 19.4 Å². The van der Waals surface area contributed by atoms with E-state index in [0.717, 1.165) is 12.8 Å². The number of unbranched alkanes of at least 4 members (excludes halogenated alkanes) is 1. The maximum atomic E-state index is 12.0. The Kier molecular flexibility index (Phi) is 7.49. The van der Waals surface area contributed by atoms with Gasteiger partial charge in [-0.15, -0.1) is 0 Å².